The van der Waals surface area contributed by atoms with Gasteiger partial charge in [0.1, 0.15) is 5.00 Å². The highest BCUT2D eigenvalue weighted by Gasteiger charge is 2.27. The summed E-state index contributed by atoms with van der Waals surface area (Å²) in [7, 11) is 0. The number of nitrogens with one attached hydrogen (secondary N) is 1. The molecule has 0 bridgehead atoms. The summed E-state index contributed by atoms with van der Waals surface area (Å²) in [6, 6.07) is 8.27. The van der Waals surface area contributed by atoms with E-state index in [1.807, 2.05) is 0 Å². The van der Waals surface area contributed by atoms with Crippen molar-refractivity contribution in [3.8, 4) is 0 Å². The number of benzene rings is 1. The molecule has 4 nitrogen and oxygen atoms in total. The molecule has 3 N–H and O–H groups in total. The predicted octanol–water partition coefficient (Wildman–Crippen LogP) is 4.40. The molecule has 0 saturated carbocycles. The number of amides is 2. The van der Waals surface area contributed by atoms with Gasteiger partial charge in [-0.1, -0.05) is 24.6 Å². The molecule has 0 unspecified atom stereocenters. The first-order valence-corrected chi connectivity index (χ1v) is 10.7. The van der Waals surface area contributed by atoms with Crippen molar-refractivity contribution < 1.29 is 9.59 Å². The van der Waals surface area contributed by atoms with E-state index in [-0.39, 0.29) is 5.91 Å². The molecule has 1 atom stereocenters. The number of nitrogens with two attached hydrogens (primary N) is 1. The fourth-order valence-corrected chi connectivity index (χ4v) is 5.47. The van der Waals surface area contributed by atoms with Gasteiger partial charge in [0.15, 0.2) is 0 Å². The highest BCUT2D eigenvalue weighted by atomic mass is 32.2. The van der Waals surface area contributed by atoms with Crippen LogP contribution in [0.25, 0.3) is 0 Å². The minimum atomic E-state index is -0.443. The molecule has 0 radical (unpaired) electrons. The maximum atomic E-state index is 12.3. The van der Waals surface area contributed by atoms with E-state index >= 15 is 0 Å². The molecule has 1 aliphatic carbocycles. The average molecular weight is 389 g/mol. The molecule has 6 heteroatoms. The van der Waals surface area contributed by atoms with Crippen LogP contribution in [-0.4, -0.2) is 17.6 Å². The number of thioether (sulfide) groups is 1. The summed E-state index contributed by atoms with van der Waals surface area (Å²) in [6.45, 7) is 4.27. The molecule has 2 aromatic rings. The zero-order chi connectivity index (χ0) is 18.7. The van der Waals surface area contributed by atoms with E-state index in [0.29, 0.717) is 28.7 Å². The third-order valence-corrected chi connectivity index (χ3v) is 6.81. The standard InChI is InChI=1S/C20H24N2O2S2/c1-12-3-6-14(7-4-12)25-10-9-17(23)22-20-18(19(21)24)15-8-5-13(2)11-16(15)26-20/h3-4,6-7,13H,5,8-11H2,1-2H3,(H2,21,24)(H,22,23)/t13-/m1/s1. The molecule has 26 heavy (non-hydrogen) atoms. The monoisotopic (exact) mass is 388 g/mol. The maximum absolute atomic E-state index is 12.3. The van der Waals surface area contributed by atoms with E-state index in [2.05, 4.69) is 43.4 Å². The summed E-state index contributed by atoms with van der Waals surface area (Å²) in [5.74, 6) is 0.791. The summed E-state index contributed by atoms with van der Waals surface area (Å²) in [5, 5.41) is 3.55. The first-order chi connectivity index (χ1) is 12.4. The summed E-state index contributed by atoms with van der Waals surface area (Å²) in [4.78, 5) is 26.6. The van der Waals surface area contributed by atoms with Gasteiger partial charge in [0.05, 0.1) is 5.56 Å². The Morgan fingerprint density at radius 3 is 2.73 bits per heavy atom. The highest BCUT2D eigenvalue weighted by molar-refractivity contribution is 7.99. The number of anilines is 1. The van der Waals surface area contributed by atoms with Crippen LogP contribution in [0, 0.1) is 12.8 Å². The summed E-state index contributed by atoms with van der Waals surface area (Å²) >= 11 is 3.17. The van der Waals surface area contributed by atoms with Gasteiger partial charge in [0.2, 0.25) is 5.91 Å². The van der Waals surface area contributed by atoms with Crippen molar-refractivity contribution in [3.63, 3.8) is 0 Å². The highest BCUT2D eigenvalue weighted by Crippen LogP contribution is 2.39. The summed E-state index contributed by atoms with van der Waals surface area (Å²) in [5.41, 5.74) is 8.39. The van der Waals surface area contributed by atoms with Crippen LogP contribution in [0.3, 0.4) is 0 Å². The third-order valence-electron chi connectivity index (χ3n) is 4.63. The van der Waals surface area contributed by atoms with Gasteiger partial charge >= 0.3 is 0 Å². The lowest BCUT2D eigenvalue weighted by atomic mass is 9.88. The number of aryl methyl sites for hydroxylation is 1. The van der Waals surface area contributed by atoms with Gasteiger partial charge in [-0.05, 0) is 49.8 Å². The predicted molar refractivity (Wildman–Crippen MR) is 109 cm³/mol. The second-order valence-electron chi connectivity index (χ2n) is 6.88. The molecule has 0 spiro atoms. The van der Waals surface area contributed by atoms with Crippen molar-refractivity contribution in [2.75, 3.05) is 11.1 Å². The van der Waals surface area contributed by atoms with Gasteiger partial charge in [-0.3, -0.25) is 9.59 Å². The number of rotatable bonds is 6. The van der Waals surface area contributed by atoms with Gasteiger partial charge in [-0.15, -0.1) is 23.1 Å². The van der Waals surface area contributed by atoms with Gasteiger partial charge in [-0.2, -0.15) is 0 Å². The van der Waals surface area contributed by atoms with E-state index < -0.39 is 5.91 Å². The Morgan fingerprint density at radius 1 is 1.31 bits per heavy atom. The van der Waals surface area contributed by atoms with Crippen LogP contribution in [-0.2, 0) is 17.6 Å². The first kappa shape index (κ1) is 19.0. The molecule has 0 saturated heterocycles. The van der Waals surface area contributed by atoms with Crippen molar-refractivity contribution in [3.05, 3.63) is 45.8 Å². The molecular formula is C20H24N2O2S2. The minimum absolute atomic E-state index is 0.0706. The number of hydrogen-bond acceptors (Lipinski definition) is 4. The van der Waals surface area contributed by atoms with Crippen molar-refractivity contribution in [2.45, 2.75) is 44.4 Å². The number of hydrogen-bond donors (Lipinski definition) is 2. The maximum Gasteiger partial charge on any atom is 0.251 e. The van der Waals surface area contributed by atoms with Crippen molar-refractivity contribution in [1.82, 2.24) is 0 Å². The van der Waals surface area contributed by atoms with Crippen molar-refractivity contribution in [1.29, 1.82) is 0 Å². The number of fused-ring (bicyclic) bond motifs is 1. The molecule has 0 aliphatic heterocycles. The number of carbonyl (C=O) groups is 2. The quantitative estimate of drug-likeness (QED) is 0.721. The lowest BCUT2D eigenvalue weighted by Crippen LogP contribution is -2.19. The van der Waals surface area contributed by atoms with Crippen LogP contribution < -0.4 is 11.1 Å². The minimum Gasteiger partial charge on any atom is -0.365 e. The van der Waals surface area contributed by atoms with Crippen molar-refractivity contribution in [2.24, 2.45) is 11.7 Å². The molecule has 1 heterocycles. The van der Waals surface area contributed by atoms with Crippen LogP contribution in [0.15, 0.2) is 29.2 Å². The first-order valence-electron chi connectivity index (χ1n) is 8.87. The number of thiophene rings is 1. The number of carbonyl (C=O) groups excluding carboxylic acids is 2. The molecular weight excluding hydrogens is 364 g/mol. The fraction of sp³-hybridized carbons (Fsp3) is 0.400. The van der Waals surface area contributed by atoms with Crippen LogP contribution in [0.4, 0.5) is 5.00 Å². The Bertz CT molecular complexity index is 812. The zero-order valence-electron chi connectivity index (χ0n) is 15.1. The van der Waals surface area contributed by atoms with Crippen LogP contribution in [0.1, 0.15) is 46.1 Å². The zero-order valence-corrected chi connectivity index (χ0v) is 16.8. The Hall–Kier alpha value is -1.79. The molecule has 1 aromatic heterocycles. The second kappa shape index (κ2) is 8.27. The van der Waals surface area contributed by atoms with Gasteiger partial charge in [0.25, 0.3) is 5.91 Å². The fourth-order valence-electron chi connectivity index (χ4n) is 3.18. The van der Waals surface area contributed by atoms with Crippen LogP contribution >= 0.6 is 23.1 Å². The van der Waals surface area contributed by atoms with Gasteiger partial charge in [-0.25, -0.2) is 0 Å². The second-order valence-corrected chi connectivity index (χ2v) is 9.15. The van der Waals surface area contributed by atoms with E-state index in [1.54, 1.807) is 11.8 Å². The smallest absolute Gasteiger partial charge is 0.251 e. The average Bonchev–Trinajstić information content (AvgIpc) is 2.93. The van der Waals surface area contributed by atoms with E-state index in [1.165, 1.54) is 21.8 Å². The molecule has 2 amide bonds. The normalized spacial score (nSPS) is 16.2. The number of primary amides is 1. The molecule has 3 rings (SSSR count). The lowest BCUT2D eigenvalue weighted by Gasteiger charge is -2.18. The Labute approximate surface area is 162 Å². The van der Waals surface area contributed by atoms with E-state index in [4.69, 9.17) is 5.73 Å². The SMILES string of the molecule is Cc1ccc(SCCC(=O)Nc2sc3c(c2C(N)=O)CC[C@@H](C)C3)cc1. The molecule has 0 fully saturated rings. The van der Waals surface area contributed by atoms with Crippen LogP contribution in [0.5, 0.6) is 0 Å². The van der Waals surface area contributed by atoms with Crippen molar-refractivity contribution >= 4 is 39.9 Å². The Kier molecular flexibility index (Phi) is 6.04. The van der Waals surface area contributed by atoms with E-state index in [0.717, 1.165) is 29.7 Å². The van der Waals surface area contributed by atoms with E-state index in [9.17, 15) is 9.59 Å². The summed E-state index contributed by atoms with van der Waals surface area (Å²) in [6.07, 6.45) is 3.28. The molecule has 1 aliphatic rings. The Balaban J connectivity index is 1.62. The largest absolute Gasteiger partial charge is 0.365 e. The lowest BCUT2D eigenvalue weighted by molar-refractivity contribution is -0.115. The van der Waals surface area contributed by atoms with Gasteiger partial charge < -0.3 is 11.1 Å². The molecule has 1 aromatic carbocycles. The van der Waals surface area contributed by atoms with Crippen LogP contribution in [0.2, 0.25) is 0 Å². The topological polar surface area (TPSA) is 72.2 Å². The Morgan fingerprint density at radius 2 is 2.04 bits per heavy atom. The summed E-state index contributed by atoms with van der Waals surface area (Å²) < 4.78 is 0. The third kappa shape index (κ3) is 4.48. The molecule has 138 valence electrons. The van der Waals surface area contributed by atoms with Gasteiger partial charge in [0, 0.05) is 21.9 Å².